The zero-order valence-electron chi connectivity index (χ0n) is 19.1. The molecular weight excluding hydrogens is 449 g/mol. The van der Waals surface area contributed by atoms with E-state index in [1.54, 1.807) is 33.9 Å². The first-order valence-electron chi connectivity index (χ1n) is 10.4. The molecule has 0 fully saturated rings. The second-order valence-corrected chi connectivity index (χ2v) is 8.02. The quantitative estimate of drug-likeness (QED) is 0.345. The highest BCUT2D eigenvalue weighted by molar-refractivity contribution is 6.02. The summed E-state index contributed by atoms with van der Waals surface area (Å²) in [7, 11) is 4.55. The van der Waals surface area contributed by atoms with E-state index < -0.39 is 24.3 Å². The van der Waals surface area contributed by atoms with E-state index in [2.05, 4.69) is 10.1 Å². The lowest BCUT2D eigenvalue weighted by Crippen LogP contribution is -2.23. The van der Waals surface area contributed by atoms with Gasteiger partial charge in [0.2, 0.25) is 0 Å². The number of ketones is 1. The molecule has 4 aromatic rings. The molecule has 1 atom stereocenters. The van der Waals surface area contributed by atoms with Gasteiger partial charge in [0.05, 0.1) is 43.1 Å². The Kier molecular flexibility index (Phi) is 6.07. The number of Topliss-reactive ketones (excluding diaryl/α,β-unsaturated/α-hetero) is 1. The van der Waals surface area contributed by atoms with Crippen LogP contribution in [0.4, 0.5) is 13.2 Å². The van der Waals surface area contributed by atoms with Gasteiger partial charge in [-0.1, -0.05) is 13.0 Å². The molecule has 7 nitrogen and oxygen atoms in total. The molecule has 0 bridgehead atoms. The van der Waals surface area contributed by atoms with E-state index in [1.807, 2.05) is 31.4 Å². The molecule has 2 aromatic carbocycles. The number of rotatable bonds is 7. The number of halogens is 3. The zero-order chi connectivity index (χ0) is 24.6. The molecule has 0 aliphatic carbocycles. The van der Waals surface area contributed by atoms with Gasteiger partial charge in [-0.25, -0.2) is 4.98 Å². The van der Waals surface area contributed by atoms with Crippen LogP contribution in [0.5, 0.6) is 11.5 Å². The standard InChI is InChI=1S/C24H23F3N4O3/c1-14(24(25,26)27)7-20(32)23-21(33-3)9-17(10-22(23)34-4)31-13-28-18-8-15(5-6-19(18)31)16-11-29-30(2)12-16/h5-6,8-14H,7H2,1-4H3/t14-/m0/s1. The molecule has 0 radical (unpaired) electrons. The van der Waals surface area contributed by atoms with Gasteiger partial charge in [-0.05, 0) is 17.7 Å². The molecule has 4 rings (SSSR count). The normalized spacial score (nSPS) is 12.7. The van der Waals surface area contributed by atoms with Gasteiger partial charge >= 0.3 is 6.18 Å². The molecule has 0 spiro atoms. The van der Waals surface area contributed by atoms with E-state index in [-0.39, 0.29) is 17.1 Å². The number of aromatic nitrogens is 4. The molecule has 0 aliphatic rings. The van der Waals surface area contributed by atoms with Crippen molar-refractivity contribution in [3.05, 3.63) is 54.6 Å². The number of alkyl halides is 3. The summed E-state index contributed by atoms with van der Waals surface area (Å²) >= 11 is 0. The molecule has 2 heterocycles. The Morgan fingerprint density at radius 1 is 1.09 bits per heavy atom. The van der Waals surface area contributed by atoms with Crippen LogP contribution in [-0.2, 0) is 7.05 Å². The molecule has 2 aromatic heterocycles. The first-order valence-corrected chi connectivity index (χ1v) is 10.4. The zero-order valence-corrected chi connectivity index (χ0v) is 19.1. The van der Waals surface area contributed by atoms with E-state index in [0.29, 0.717) is 5.69 Å². The summed E-state index contributed by atoms with van der Waals surface area (Å²) in [5.41, 5.74) is 4.01. The average molecular weight is 472 g/mol. The summed E-state index contributed by atoms with van der Waals surface area (Å²) in [6, 6.07) is 8.97. The summed E-state index contributed by atoms with van der Waals surface area (Å²) in [5, 5.41) is 4.19. The third-order valence-electron chi connectivity index (χ3n) is 5.68. The van der Waals surface area contributed by atoms with E-state index in [1.165, 1.54) is 14.2 Å². The SMILES string of the molecule is COc1cc(-n2cnc3cc(-c4cnn(C)c4)ccc32)cc(OC)c1C(=O)C[C@H](C)C(F)(F)F. The van der Waals surface area contributed by atoms with Crippen molar-refractivity contribution in [2.75, 3.05) is 14.2 Å². The number of aryl methyl sites for hydroxylation is 1. The van der Waals surface area contributed by atoms with Crippen molar-refractivity contribution in [1.82, 2.24) is 19.3 Å². The molecule has 10 heteroatoms. The molecular formula is C24H23F3N4O3. The molecule has 0 N–H and O–H groups in total. The summed E-state index contributed by atoms with van der Waals surface area (Å²) in [5.74, 6) is -2.24. The van der Waals surface area contributed by atoms with Gasteiger partial charge in [0.1, 0.15) is 23.4 Å². The number of methoxy groups -OCH3 is 2. The van der Waals surface area contributed by atoms with Crippen molar-refractivity contribution in [3.8, 4) is 28.3 Å². The van der Waals surface area contributed by atoms with Crippen LogP contribution in [0.3, 0.4) is 0 Å². The number of carbonyl (C=O) groups excluding carboxylic acids is 1. The van der Waals surface area contributed by atoms with Crippen molar-refractivity contribution in [3.63, 3.8) is 0 Å². The summed E-state index contributed by atoms with van der Waals surface area (Å²) in [6.45, 7) is 0.975. The molecule has 34 heavy (non-hydrogen) atoms. The van der Waals surface area contributed by atoms with Crippen LogP contribution < -0.4 is 9.47 Å². The number of benzene rings is 2. The first kappa shape index (κ1) is 23.3. The predicted molar refractivity (Wildman–Crippen MR) is 121 cm³/mol. The van der Waals surface area contributed by atoms with Crippen LogP contribution in [0.15, 0.2) is 49.1 Å². The van der Waals surface area contributed by atoms with E-state index >= 15 is 0 Å². The third kappa shape index (κ3) is 4.35. The van der Waals surface area contributed by atoms with Gasteiger partial charge in [0.15, 0.2) is 5.78 Å². The predicted octanol–water partition coefficient (Wildman–Crippen LogP) is 5.21. The van der Waals surface area contributed by atoms with Gasteiger partial charge < -0.3 is 9.47 Å². The number of hydrogen-bond donors (Lipinski definition) is 0. The van der Waals surface area contributed by atoms with Gasteiger partial charge in [-0.3, -0.25) is 14.0 Å². The minimum absolute atomic E-state index is 0.0202. The Morgan fingerprint density at radius 2 is 1.76 bits per heavy atom. The topological polar surface area (TPSA) is 71.2 Å². The fourth-order valence-corrected chi connectivity index (χ4v) is 3.78. The monoisotopic (exact) mass is 472 g/mol. The first-order chi connectivity index (χ1) is 16.1. The molecule has 178 valence electrons. The van der Waals surface area contributed by atoms with Crippen molar-refractivity contribution in [2.45, 2.75) is 19.5 Å². The van der Waals surface area contributed by atoms with Gasteiger partial charge in [0, 0.05) is 37.4 Å². The summed E-state index contributed by atoms with van der Waals surface area (Å²) < 4.78 is 53.3. The molecule has 0 aliphatic heterocycles. The maximum Gasteiger partial charge on any atom is 0.391 e. The van der Waals surface area contributed by atoms with Crippen molar-refractivity contribution in [2.24, 2.45) is 13.0 Å². The number of ether oxygens (including phenoxy) is 2. The number of hydrogen-bond acceptors (Lipinski definition) is 5. The average Bonchev–Trinajstić information content (AvgIpc) is 3.43. The second kappa shape index (κ2) is 8.85. The Bertz CT molecular complexity index is 1330. The van der Waals surface area contributed by atoms with Crippen LogP contribution >= 0.6 is 0 Å². The van der Waals surface area contributed by atoms with Crippen LogP contribution in [-0.4, -0.2) is 45.5 Å². The molecule has 0 unspecified atom stereocenters. The fourth-order valence-electron chi connectivity index (χ4n) is 3.78. The maximum atomic E-state index is 13.0. The van der Waals surface area contributed by atoms with Crippen LogP contribution in [0.2, 0.25) is 0 Å². The largest absolute Gasteiger partial charge is 0.496 e. The smallest absolute Gasteiger partial charge is 0.391 e. The van der Waals surface area contributed by atoms with E-state index in [0.717, 1.165) is 29.1 Å². The van der Waals surface area contributed by atoms with Gasteiger partial charge in [-0.15, -0.1) is 0 Å². The van der Waals surface area contributed by atoms with E-state index in [4.69, 9.17) is 9.47 Å². The second-order valence-electron chi connectivity index (χ2n) is 8.02. The summed E-state index contributed by atoms with van der Waals surface area (Å²) in [4.78, 5) is 17.2. The highest BCUT2D eigenvalue weighted by Crippen LogP contribution is 2.37. The Balaban J connectivity index is 1.74. The van der Waals surface area contributed by atoms with Gasteiger partial charge in [-0.2, -0.15) is 18.3 Å². The van der Waals surface area contributed by atoms with Crippen LogP contribution in [0, 0.1) is 5.92 Å². The van der Waals surface area contributed by atoms with Crippen molar-refractivity contribution >= 4 is 16.8 Å². The number of carbonyl (C=O) groups is 1. The Morgan fingerprint density at radius 3 is 2.32 bits per heavy atom. The number of imidazole rings is 1. The maximum absolute atomic E-state index is 13.0. The third-order valence-corrected chi connectivity index (χ3v) is 5.68. The van der Waals surface area contributed by atoms with Gasteiger partial charge in [0.25, 0.3) is 0 Å². The lowest BCUT2D eigenvalue weighted by atomic mass is 9.97. The molecule has 0 amide bonds. The number of nitrogens with zero attached hydrogens (tertiary/aromatic N) is 4. The minimum Gasteiger partial charge on any atom is -0.496 e. The van der Waals surface area contributed by atoms with E-state index in [9.17, 15) is 18.0 Å². The van der Waals surface area contributed by atoms with Crippen molar-refractivity contribution in [1.29, 1.82) is 0 Å². The van der Waals surface area contributed by atoms with Crippen molar-refractivity contribution < 1.29 is 27.4 Å². The Hall–Kier alpha value is -3.82. The lowest BCUT2D eigenvalue weighted by Gasteiger charge is -2.18. The van der Waals surface area contributed by atoms with Crippen LogP contribution in [0.25, 0.3) is 27.8 Å². The number of fused-ring (bicyclic) bond motifs is 1. The molecule has 0 saturated heterocycles. The van der Waals surface area contributed by atoms with Crippen LogP contribution in [0.1, 0.15) is 23.7 Å². The molecule has 0 saturated carbocycles. The highest BCUT2D eigenvalue weighted by atomic mass is 19.4. The Labute approximate surface area is 193 Å². The highest BCUT2D eigenvalue weighted by Gasteiger charge is 2.38. The minimum atomic E-state index is -4.47. The summed E-state index contributed by atoms with van der Waals surface area (Å²) in [6.07, 6.45) is 0.118. The lowest BCUT2D eigenvalue weighted by molar-refractivity contribution is -0.168. The fraction of sp³-hybridized carbons (Fsp3) is 0.292.